The van der Waals surface area contributed by atoms with Gasteiger partial charge in [-0.1, -0.05) is 6.58 Å². The molecule has 8 nitrogen and oxygen atoms in total. The first kappa shape index (κ1) is 26.4. The van der Waals surface area contributed by atoms with Crippen molar-refractivity contribution in [3.8, 4) is 17.2 Å². The largest absolute Gasteiger partial charge is 0.452 e. The number of ether oxygens (including phenoxy) is 1. The van der Waals surface area contributed by atoms with Crippen molar-refractivity contribution in [1.29, 1.82) is 0 Å². The summed E-state index contributed by atoms with van der Waals surface area (Å²) in [5, 5.41) is 2.55. The summed E-state index contributed by atoms with van der Waals surface area (Å²) < 4.78 is 35.5. The van der Waals surface area contributed by atoms with Gasteiger partial charge in [0.15, 0.2) is 17.3 Å². The third kappa shape index (κ3) is 5.06. The van der Waals surface area contributed by atoms with Gasteiger partial charge >= 0.3 is 0 Å². The summed E-state index contributed by atoms with van der Waals surface area (Å²) in [6.45, 7) is 8.90. The second kappa shape index (κ2) is 10.5. The Kier molecular flexibility index (Phi) is 6.91. The molecule has 3 heterocycles. The fraction of sp³-hybridized carbons (Fsp3) is 0.100. The number of nitrogens with one attached hydrogen (secondary N) is 1. The number of halogens is 2. The normalized spacial score (nSPS) is 10.9. The Morgan fingerprint density at radius 1 is 1.00 bits per heavy atom. The molecule has 0 fully saturated rings. The summed E-state index contributed by atoms with van der Waals surface area (Å²) in [4.78, 5) is 39.4. The Morgan fingerprint density at radius 3 is 2.45 bits per heavy atom. The molecular weight excluding hydrogens is 516 g/mol. The van der Waals surface area contributed by atoms with Gasteiger partial charge < -0.3 is 10.1 Å². The van der Waals surface area contributed by atoms with Gasteiger partial charge in [0.2, 0.25) is 0 Å². The molecule has 0 radical (unpaired) electrons. The van der Waals surface area contributed by atoms with Crippen molar-refractivity contribution < 1.29 is 18.3 Å². The van der Waals surface area contributed by atoms with E-state index < -0.39 is 23.1 Å². The van der Waals surface area contributed by atoms with E-state index in [0.29, 0.717) is 28.3 Å². The molecule has 0 aliphatic heterocycles. The monoisotopic (exact) mass is 539 g/mol. The first-order chi connectivity index (χ1) is 19.1. The number of aryl methyl sites for hydroxylation is 2. The minimum Gasteiger partial charge on any atom is -0.452 e. The van der Waals surface area contributed by atoms with Gasteiger partial charge in [-0.25, -0.2) is 13.8 Å². The molecule has 5 rings (SSSR count). The zero-order chi connectivity index (χ0) is 28.6. The van der Waals surface area contributed by atoms with Crippen LogP contribution in [0.4, 0.5) is 14.5 Å². The molecule has 10 heteroatoms. The highest BCUT2D eigenvalue weighted by molar-refractivity contribution is 6.04. The molecule has 40 heavy (non-hydrogen) atoms. The molecule has 5 aromatic rings. The lowest BCUT2D eigenvalue weighted by molar-refractivity contribution is 0.102. The Morgan fingerprint density at radius 2 is 1.75 bits per heavy atom. The topological polar surface area (TPSA) is 99.0 Å². The number of pyridine rings is 2. The van der Waals surface area contributed by atoms with Crippen LogP contribution in [-0.2, 0) is 0 Å². The molecule has 0 aliphatic rings. The molecule has 1 N–H and O–H groups in total. The number of carbonyl (C=O) groups is 1. The van der Waals surface area contributed by atoms with E-state index in [1.807, 2.05) is 13.0 Å². The molecule has 1 amide bonds. The van der Waals surface area contributed by atoms with Crippen LogP contribution in [0.2, 0.25) is 0 Å². The van der Waals surface area contributed by atoms with Gasteiger partial charge in [0, 0.05) is 30.2 Å². The number of hydrogen-bond donors (Lipinski definition) is 1. The summed E-state index contributed by atoms with van der Waals surface area (Å²) in [5.74, 6) is -1.44. The molecule has 0 unspecified atom stereocenters. The molecule has 3 aromatic heterocycles. The van der Waals surface area contributed by atoms with E-state index in [4.69, 9.17) is 4.74 Å². The summed E-state index contributed by atoms with van der Waals surface area (Å²) >= 11 is 0. The predicted molar refractivity (Wildman–Crippen MR) is 148 cm³/mol. The van der Waals surface area contributed by atoms with E-state index in [1.54, 1.807) is 19.2 Å². The minimum absolute atomic E-state index is 0.0943. The molecule has 0 aliphatic carbocycles. The highest BCUT2D eigenvalue weighted by atomic mass is 19.1. The van der Waals surface area contributed by atoms with Gasteiger partial charge in [-0.15, -0.1) is 0 Å². The number of allylic oxidation sites excluding steroid dienone is 1. The molecular formula is C30H23F2N5O3. The van der Waals surface area contributed by atoms with Crippen molar-refractivity contribution in [3.63, 3.8) is 0 Å². The minimum atomic E-state index is -0.767. The van der Waals surface area contributed by atoms with E-state index in [2.05, 4.69) is 26.8 Å². The van der Waals surface area contributed by atoms with Crippen LogP contribution < -0.4 is 15.6 Å². The molecule has 200 valence electrons. The van der Waals surface area contributed by atoms with E-state index in [-0.39, 0.29) is 22.7 Å². The highest BCUT2D eigenvalue weighted by Gasteiger charge is 2.21. The SMILES string of the molecule is C=C(C)c1cnc2c(Oc3ccc(NC(=O)c4c(C)nc(C)n(-c5ccc(F)cc5)c4=O)cc3F)ccnc2c1. The zero-order valence-corrected chi connectivity index (χ0v) is 21.8. The Balaban J connectivity index is 1.41. The maximum Gasteiger partial charge on any atom is 0.271 e. The lowest BCUT2D eigenvalue weighted by Crippen LogP contribution is -2.32. The fourth-order valence-corrected chi connectivity index (χ4v) is 4.21. The van der Waals surface area contributed by atoms with Crippen LogP contribution in [0.3, 0.4) is 0 Å². The van der Waals surface area contributed by atoms with Gasteiger partial charge in [-0.2, -0.15) is 0 Å². The van der Waals surface area contributed by atoms with E-state index >= 15 is 4.39 Å². The molecule has 0 saturated heterocycles. The van der Waals surface area contributed by atoms with Gasteiger partial charge in [-0.3, -0.25) is 24.1 Å². The first-order valence-electron chi connectivity index (χ1n) is 12.2. The number of nitrogens with zero attached hydrogens (tertiary/aromatic N) is 4. The summed E-state index contributed by atoms with van der Waals surface area (Å²) in [7, 11) is 0. The first-order valence-corrected chi connectivity index (χ1v) is 12.2. The van der Waals surface area contributed by atoms with E-state index in [9.17, 15) is 14.0 Å². The third-order valence-electron chi connectivity index (χ3n) is 6.19. The van der Waals surface area contributed by atoms with Gasteiger partial charge in [0.05, 0.1) is 16.9 Å². The summed E-state index contributed by atoms with van der Waals surface area (Å²) in [6, 6.07) is 12.5. The average Bonchev–Trinajstić information content (AvgIpc) is 2.90. The van der Waals surface area contributed by atoms with Crippen molar-refractivity contribution in [3.05, 3.63) is 118 Å². The zero-order valence-electron chi connectivity index (χ0n) is 21.8. The van der Waals surface area contributed by atoms with Crippen molar-refractivity contribution >= 4 is 28.2 Å². The number of aromatic nitrogens is 4. The van der Waals surface area contributed by atoms with Gasteiger partial charge in [0.1, 0.15) is 22.7 Å². The fourth-order valence-electron chi connectivity index (χ4n) is 4.21. The second-order valence-electron chi connectivity index (χ2n) is 9.12. The average molecular weight is 540 g/mol. The Bertz CT molecular complexity index is 1870. The van der Waals surface area contributed by atoms with Crippen molar-refractivity contribution in [2.24, 2.45) is 0 Å². The molecule has 0 spiro atoms. The number of carbonyl (C=O) groups excluding carboxylic acids is 1. The number of hydrogen-bond acceptors (Lipinski definition) is 6. The summed E-state index contributed by atoms with van der Waals surface area (Å²) in [6.07, 6.45) is 3.17. The van der Waals surface area contributed by atoms with Crippen molar-refractivity contribution in [1.82, 2.24) is 19.5 Å². The van der Waals surface area contributed by atoms with Crippen molar-refractivity contribution in [2.45, 2.75) is 20.8 Å². The number of benzene rings is 2. The molecule has 0 bridgehead atoms. The molecule has 0 atom stereocenters. The van der Waals surface area contributed by atoms with Crippen LogP contribution in [0.5, 0.6) is 11.5 Å². The van der Waals surface area contributed by atoms with Crippen LogP contribution in [0.25, 0.3) is 22.3 Å². The third-order valence-corrected chi connectivity index (χ3v) is 6.19. The van der Waals surface area contributed by atoms with Crippen LogP contribution in [0.15, 0.2) is 78.4 Å². The number of anilines is 1. The van der Waals surface area contributed by atoms with E-state index in [1.165, 1.54) is 54.1 Å². The van der Waals surface area contributed by atoms with Crippen LogP contribution in [0.1, 0.15) is 34.4 Å². The number of fused-ring (bicyclic) bond motifs is 1. The molecule has 0 saturated carbocycles. The van der Waals surface area contributed by atoms with Crippen LogP contribution >= 0.6 is 0 Å². The number of rotatable bonds is 6. The quantitative estimate of drug-likeness (QED) is 0.278. The summed E-state index contributed by atoms with van der Waals surface area (Å²) in [5.41, 5.74) is 2.47. The van der Waals surface area contributed by atoms with Gasteiger partial charge in [-0.05, 0) is 74.4 Å². The lowest BCUT2D eigenvalue weighted by Gasteiger charge is -2.14. The molecule has 2 aromatic carbocycles. The highest BCUT2D eigenvalue weighted by Crippen LogP contribution is 2.31. The smallest absolute Gasteiger partial charge is 0.271 e. The maximum absolute atomic E-state index is 15.1. The van der Waals surface area contributed by atoms with Crippen molar-refractivity contribution in [2.75, 3.05) is 5.32 Å². The Labute approximate surface area is 227 Å². The lowest BCUT2D eigenvalue weighted by atomic mass is 10.1. The Hall–Kier alpha value is -5.25. The standard InChI is InChI=1S/C30H23F2N5O3/c1-16(2)19-13-24-28(34-15-19)26(11-12-33-24)40-25-10-7-21(14-23(25)32)36-29(38)27-17(3)35-18(4)37(30(27)39)22-8-5-20(31)6-9-22/h5-15H,1H2,2-4H3,(H,36,38). The number of amides is 1. The van der Waals surface area contributed by atoms with Gasteiger partial charge in [0.25, 0.3) is 11.5 Å². The maximum atomic E-state index is 15.1. The van der Waals surface area contributed by atoms with Crippen LogP contribution in [-0.4, -0.2) is 25.4 Å². The van der Waals surface area contributed by atoms with Crippen LogP contribution in [0, 0.1) is 25.5 Å². The second-order valence-corrected chi connectivity index (χ2v) is 9.12. The predicted octanol–water partition coefficient (Wildman–Crippen LogP) is 6.15. The van der Waals surface area contributed by atoms with E-state index in [0.717, 1.165) is 17.2 Å².